The van der Waals surface area contributed by atoms with Gasteiger partial charge in [-0.15, -0.1) is 0 Å². The summed E-state index contributed by atoms with van der Waals surface area (Å²) in [6.07, 6.45) is 0.0485. The standard InChI is InChI=1S/C18H28F3N5O/c1-3-25(14-18(19,20)21)12-15-6-9-26(13-15)17(22-2)24-8-10-27-16-5-4-7-23-11-16/h4-5,7,11,15H,3,6,8-10,12-14H2,1-2H3,(H,22,24). The highest BCUT2D eigenvalue weighted by molar-refractivity contribution is 5.80. The number of hydrogen-bond donors (Lipinski definition) is 1. The number of aromatic nitrogens is 1. The van der Waals surface area contributed by atoms with Crippen molar-refractivity contribution in [2.24, 2.45) is 10.9 Å². The lowest BCUT2D eigenvalue weighted by Crippen LogP contribution is -2.42. The average Bonchev–Trinajstić information content (AvgIpc) is 3.09. The molecule has 0 bridgehead atoms. The molecule has 1 atom stereocenters. The van der Waals surface area contributed by atoms with Crippen molar-refractivity contribution in [1.82, 2.24) is 20.1 Å². The Balaban J connectivity index is 1.73. The Kier molecular flexibility index (Phi) is 8.15. The third-order valence-corrected chi connectivity index (χ3v) is 4.45. The highest BCUT2D eigenvalue weighted by Crippen LogP contribution is 2.21. The van der Waals surface area contributed by atoms with E-state index in [2.05, 4.69) is 20.2 Å². The fraction of sp³-hybridized carbons (Fsp3) is 0.667. The van der Waals surface area contributed by atoms with E-state index in [-0.39, 0.29) is 5.92 Å². The number of halogens is 3. The molecule has 1 N–H and O–H groups in total. The zero-order valence-electron chi connectivity index (χ0n) is 15.9. The Bertz CT molecular complexity index is 582. The number of nitrogens with zero attached hydrogens (tertiary/aromatic N) is 4. The molecule has 1 unspecified atom stereocenters. The summed E-state index contributed by atoms with van der Waals surface area (Å²) in [4.78, 5) is 11.8. The van der Waals surface area contributed by atoms with Crippen LogP contribution in [0.5, 0.6) is 5.75 Å². The highest BCUT2D eigenvalue weighted by atomic mass is 19.4. The zero-order valence-corrected chi connectivity index (χ0v) is 15.9. The largest absolute Gasteiger partial charge is 0.490 e. The van der Waals surface area contributed by atoms with Crippen molar-refractivity contribution >= 4 is 5.96 Å². The quantitative estimate of drug-likeness (QED) is 0.421. The number of aliphatic imine (C=N–C) groups is 1. The molecule has 1 saturated heterocycles. The van der Waals surface area contributed by atoms with Gasteiger partial charge in [-0.05, 0) is 31.0 Å². The van der Waals surface area contributed by atoms with Gasteiger partial charge in [0.05, 0.1) is 19.3 Å². The van der Waals surface area contributed by atoms with Crippen LogP contribution < -0.4 is 10.1 Å². The summed E-state index contributed by atoms with van der Waals surface area (Å²) >= 11 is 0. The minimum absolute atomic E-state index is 0.206. The molecular weight excluding hydrogens is 359 g/mol. The third kappa shape index (κ3) is 7.62. The van der Waals surface area contributed by atoms with Crippen molar-refractivity contribution in [2.75, 3.05) is 52.9 Å². The summed E-state index contributed by atoms with van der Waals surface area (Å²) in [5.41, 5.74) is 0. The number of nitrogens with one attached hydrogen (secondary N) is 1. The molecule has 27 heavy (non-hydrogen) atoms. The fourth-order valence-corrected chi connectivity index (χ4v) is 3.19. The SMILES string of the molecule is CCN(CC1CCN(C(=NC)NCCOc2cccnc2)C1)CC(F)(F)F. The summed E-state index contributed by atoms with van der Waals surface area (Å²) in [6.45, 7) is 4.31. The molecule has 1 fully saturated rings. The van der Waals surface area contributed by atoms with Gasteiger partial charge in [0, 0.05) is 32.9 Å². The number of pyridine rings is 1. The predicted octanol–water partition coefficient (Wildman–Crippen LogP) is 2.24. The van der Waals surface area contributed by atoms with Crippen molar-refractivity contribution < 1.29 is 17.9 Å². The van der Waals surface area contributed by atoms with Crippen LogP contribution >= 0.6 is 0 Å². The van der Waals surface area contributed by atoms with Crippen LogP contribution in [0.2, 0.25) is 0 Å². The number of rotatable bonds is 8. The molecule has 1 aliphatic rings. The van der Waals surface area contributed by atoms with E-state index in [0.717, 1.165) is 18.9 Å². The van der Waals surface area contributed by atoms with Gasteiger partial charge >= 0.3 is 6.18 Å². The summed E-state index contributed by atoms with van der Waals surface area (Å²) in [6, 6.07) is 3.65. The normalized spacial score (nSPS) is 18.2. The van der Waals surface area contributed by atoms with Crippen LogP contribution in [0.4, 0.5) is 13.2 Å². The molecule has 1 aliphatic heterocycles. The molecule has 0 amide bonds. The fourth-order valence-electron chi connectivity index (χ4n) is 3.19. The molecule has 0 spiro atoms. The van der Waals surface area contributed by atoms with Gasteiger partial charge in [-0.2, -0.15) is 13.2 Å². The second kappa shape index (κ2) is 10.3. The van der Waals surface area contributed by atoms with Crippen LogP contribution in [0.25, 0.3) is 0 Å². The second-order valence-corrected chi connectivity index (χ2v) is 6.55. The van der Waals surface area contributed by atoms with E-state index < -0.39 is 12.7 Å². The molecule has 6 nitrogen and oxygen atoms in total. The first-order valence-electron chi connectivity index (χ1n) is 9.18. The lowest BCUT2D eigenvalue weighted by Gasteiger charge is -2.26. The lowest BCUT2D eigenvalue weighted by molar-refractivity contribution is -0.146. The topological polar surface area (TPSA) is 53.0 Å². The van der Waals surface area contributed by atoms with Gasteiger partial charge in [0.25, 0.3) is 0 Å². The average molecular weight is 387 g/mol. The second-order valence-electron chi connectivity index (χ2n) is 6.55. The molecule has 9 heteroatoms. The summed E-state index contributed by atoms with van der Waals surface area (Å²) in [5.74, 6) is 1.67. The van der Waals surface area contributed by atoms with Gasteiger partial charge in [0.1, 0.15) is 12.4 Å². The van der Waals surface area contributed by atoms with Gasteiger partial charge in [-0.3, -0.25) is 14.9 Å². The van der Waals surface area contributed by atoms with Crippen LogP contribution in [0.15, 0.2) is 29.5 Å². The molecule has 0 saturated carbocycles. The van der Waals surface area contributed by atoms with E-state index in [1.165, 1.54) is 4.90 Å². The maximum Gasteiger partial charge on any atom is 0.401 e. The Morgan fingerprint density at radius 1 is 1.48 bits per heavy atom. The maximum absolute atomic E-state index is 12.6. The number of guanidine groups is 1. The molecule has 0 radical (unpaired) electrons. The molecule has 152 valence electrons. The molecule has 1 aromatic heterocycles. The number of hydrogen-bond acceptors (Lipinski definition) is 4. The van der Waals surface area contributed by atoms with Crippen LogP contribution in [-0.2, 0) is 0 Å². The zero-order chi connectivity index (χ0) is 19.7. The van der Waals surface area contributed by atoms with Crippen molar-refractivity contribution in [1.29, 1.82) is 0 Å². The number of likely N-dealkylation sites (tertiary alicyclic amines) is 1. The molecular formula is C18H28F3N5O. The highest BCUT2D eigenvalue weighted by Gasteiger charge is 2.32. The van der Waals surface area contributed by atoms with Gasteiger partial charge in [-0.25, -0.2) is 0 Å². The maximum atomic E-state index is 12.6. The molecule has 0 aromatic carbocycles. The molecule has 2 rings (SSSR count). The third-order valence-electron chi connectivity index (χ3n) is 4.45. The van der Waals surface area contributed by atoms with Crippen molar-refractivity contribution in [3.63, 3.8) is 0 Å². The number of alkyl halides is 3. The van der Waals surface area contributed by atoms with Gasteiger partial charge < -0.3 is 15.0 Å². The van der Waals surface area contributed by atoms with E-state index in [1.54, 1.807) is 26.4 Å². The first kappa shape index (κ1) is 21.3. The monoisotopic (exact) mass is 387 g/mol. The van der Waals surface area contributed by atoms with Gasteiger partial charge in [0.2, 0.25) is 0 Å². The van der Waals surface area contributed by atoms with E-state index in [1.807, 2.05) is 12.1 Å². The van der Waals surface area contributed by atoms with Gasteiger partial charge in [0.15, 0.2) is 5.96 Å². The van der Waals surface area contributed by atoms with E-state index in [0.29, 0.717) is 38.5 Å². The molecule has 2 heterocycles. The Morgan fingerprint density at radius 3 is 2.93 bits per heavy atom. The minimum atomic E-state index is -4.15. The minimum Gasteiger partial charge on any atom is -0.490 e. The summed E-state index contributed by atoms with van der Waals surface area (Å²) in [7, 11) is 1.71. The van der Waals surface area contributed by atoms with Crippen LogP contribution in [-0.4, -0.2) is 79.8 Å². The Hall–Kier alpha value is -2.03. The van der Waals surface area contributed by atoms with E-state index in [4.69, 9.17) is 4.74 Å². The van der Waals surface area contributed by atoms with Crippen molar-refractivity contribution in [3.05, 3.63) is 24.5 Å². The van der Waals surface area contributed by atoms with Crippen molar-refractivity contribution in [3.8, 4) is 5.75 Å². The Morgan fingerprint density at radius 2 is 2.30 bits per heavy atom. The smallest absolute Gasteiger partial charge is 0.401 e. The predicted molar refractivity (Wildman–Crippen MR) is 98.9 cm³/mol. The van der Waals surface area contributed by atoms with Crippen LogP contribution in [0.3, 0.4) is 0 Å². The Labute approximate surface area is 158 Å². The molecule has 0 aliphatic carbocycles. The summed E-state index contributed by atoms with van der Waals surface area (Å²) < 4.78 is 43.5. The van der Waals surface area contributed by atoms with Crippen molar-refractivity contribution in [2.45, 2.75) is 19.5 Å². The van der Waals surface area contributed by atoms with Crippen LogP contribution in [0.1, 0.15) is 13.3 Å². The van der Waals surface area contributed by atoms with Gasteiger partial charge in [-0.1, -0.05) is 6.92 Å². The first-order valence-corrected chi connectivity index (χ1v) is 9.18. The van der Waals surface area contributed by atoms with Crippen LogP contribution in [0, 0.1) is 5.92 Å². The van der Waals surface area contributed by atoms with E-state index in [9.17, 15) is 13.2 Å². The van der Waals surface area contributed by atoms with E-state index >= 15 is 0 Å². The summed E-state index contributed by atoms with van der Waals surface area (Å²) in [5, 5.41) is 3.24. The molecule has 1 aromatic rings. The first-order chi connectivity index (χ1) is 12.9. The number of ether oxygens (including phenoxy) is 1. The lowest BCUT2D eigenvalue weighted by atomic mass is 10.1.